The maximum atomic E-state index is 3.38. The third kappa shape index (κ3) is 2.82. The topological polar surface area (TPSA) is 12.0 Å². The lowest BCUT2D eigenvalue weighted by Gasteiger charge is -2.21. The van der Waals surface area contributed by atoms with Crippen molar-refractivity contribution in [1.29, 1.82) is 0 Å². The molecule has 1 nitrogen and oxygen atoms in total. The average Bonchev–Trinajstić information content (AvgIpc) is 2.74. The second-order valence-corrected chi connectivity index (χ2v) is 3.96. The fraction of sp³-hybridized carbons (Fsp3) is 1.00. The molecule has 0 aromatic rings. The van der Waals surface area contributed by atoms with Crippen molar-refractivity contribution in [2.24, 2.45) is 11.8 Å². The Morgan fingerprint density at radius 2 is 2.09 bits per heavy atom. The van der Waals surface area contributed by atoms with Crippen LogP contribution < -0.4 is 5.32 Å². The van der Waals surface area contributed by atoms with E-state index in [1.54, 1.807) is 0 Å². The zero-order valence-electron chi connectivity index (χ0n) is 8.06. The van der Waals surface area contributed by atoms with Crippen LogP contribution in [0.4, 0.5) is 0 Å². The summed E-state index contributed by atoms with van der Waals surface area (Å²) in [7, 11) is 2.08. The molecule has 1 heteroatoms. The molecule has 1 aliphatic carbocycles. The summed E-state index contributed by atoms with van der Waals surface area (Å²) in [5.41, 5.74) is 0. The Bertz CT molecular complexity index is 103. The van der Waals surface area contributed by atoms with Gasteiger partial charge in [-0.05, 0) is 31.7 Å². The van der Waals surface area contributed by atoms with Crippen LogP contribution in [0, 0.1) is 11.8 Å². The van der Waals surface area contributed by atoms with Gasteiger partial charge in [0.25, 0.3) is 0 Å². The minimum Gasteiger partial charge on any atom is -0.317 e. The smallest absolute Gasteiger partial charge is 0.00871 e. The van der Waals surface area contributed by atoms with Gasteiger partial charge in [0.15, 0.2) is 0 Å². The van der Waals surface area contributed by atoms with Crippen LogP contribution in [0.15, 0.2) is 0 Å². The summed E-state index contributed by atoms with van der Waals surface area (Å²) in [6.45, 7) is 4.65. The molecule has 0 spiro atoms. The molecule has 0 bridgehead atoms. The van der Waals surface area contributed by atoms with Gasteiger partial charge in [0.2, 0.25) is 0 Å². The monoisotopic (exact) mass is 155 g/mol. The van der Waals surface area contributed by atoms with Crippen LogP contribution in [-0.2, 0) is 0 Å². The first-order valence-electron chi connectivity index (χ1n) is 4.95. The number of rotatable bonds is 5. The van der Waals surface area contributed by atoms with Crippen LogP contribution in [0.3, 0.4) is 0 Å². The molecule has 0 aliphatic heterocycles. The zero-order valence-corrected chi connectivity index (χ0v) is 8.06. The second-order valence-electron chi connectivity index (χ2n) is 3.96. The fourth-order valence-corrected chi connectivity index (χ4v) is 1.93. The van der Waals surface area contributed by atoms with Crippen molar-refractivity contribution < 1.29 is 0 Å². The van der Waals surface area contributed by atoms with E-state index in [-0.39, 0.29) is 0 Å². The predicted molar refractivity (Wildman–Crippen MR) is 49.6 cm³/mol. The molecule has 0 radical (unpaired) electrons. The van der Waals surface area contributed by atoms with Crippen LogP contribution in [0.1, 0.15) is 39.5 Å². The van der Waals surface area contributed by atoms with Crippen molar-refractivity contribution in [1.82, 2.24) is 5.32 Å². The Labute approximate surface area is 70.6 Å². The fourth-order valence-electron chi connectivity index (χ4n) is 1.93. The van der Waals surface area contributed by atoms with Gasteiger partial charge in [-0.3, -0.25) is 0 Å². The van der Waals surface area contributed by atoms with E-state index in [4.69, 9.17) is 0 Å². The molecular weight excluding hydrogens is 134 g/mol. The normalized spacial score (nSPS) is 23.2. The van der Waals surface area contributed by atoms with Gasteiger partial charge in [0, 0.05) is 6.04 Å². The van der Waals surface area contributed by atoms with Gasteiger partial charge >= 0.3 is 0 Å². The molecule has 66 valence electrons. The van der Waals surface area contributed by atoms with Gasteiger partial charge < -0.3 is 5.32 Å². The first-order valence-corrected chi connectivity index (χ1v) is 4.95. The lowest BCUT2D eigenvalue weighted by molar-refractivity contribution is 0.353. The van der Waals surface area contributed by atoms with E-state index >= 15 is 0 Å². The molecule has 0 amide bonds. The molecule has 1 aliphatic rings. The highest BCUT2D eigenvalue weighted by atomic mass is 14.9. The van der Waals surface area contributed by atoms with E-state index < -0.39 is 0 Å². The Hall–Kier alpha value is -0.0400. The molecule has 1 rings (SSSR count). The van der Waals surface area contributed by atoms with Gasteiger partial charge in [-0.25, -0.2) is 0 Å². The SMILES string of the molecule is CCC(NC)C(C)CC1CC1. The standard InChI is InChI=1S/C10H21N/c1-4-10(11-3)8(2)7-9-5-6-9/h8-11H,4-7H2,1-3H3. The van der Waals surface area contributed by atoms with Gasteiger partial charge in [-0.2, -0.15) is 0 Å². The van der Waals surface area contributed by atoms with Crippen LogP contribution in [-0.4, -0.2) is 13.1 Å². The molecular formula is C10H21N. The second kappa shape index (κ2) is 4.10. The summed E-state index contributed by atoms with van der Waals surface area (Å²) in [5, 5.41) is 3.38. The maximum absolute atomic E-state index is 3.38. The molecule has 1 saturated carbocycles. The average molecular weight is 155 g/mol. The summed E-state index contributed by atoms with van der Waals surface area (Å²) < 4.78 is 0. The lowest BCUT2D eigenvalue weighted by Crippen LogP contribution is -2.31. The lowest BCUT2D eigenvalue weighted by atomic mass is 9.94. The zero-order chi connectivity index (χ0) is 8.27. The summed E-state index contributed by atoms with van der Waals surface area (Å²) in [6, 6.07) is 0.746. The minimum absolute atomic E-state index is 0.746. The first-order chi connectivity index (χ1) is 5.27. The highest BCUT2D eigenvalue weighted by Crippen LogP contribution is 2.36. The molecule has 11 heavy (non-hydrogen) atoms. The van der Waals surface area contributed by atoms with Gasteiger partial charge in [-0.15, -0.1) is 0 Å². The van der Waals surface area contributed by atoms with Crippen molar-refractivity contribution in [3.63, 3.8) is 0 Å². The van der Waals surface area contributed by atoms with E-state index in [1.165, 1.54) is 25.7 Å². The Morgan fingerprint density at radius 1 is 1.45 bits per heavy atom. The predicted octanol–water partition coefficient (Wildman–Crippen LogP) is 2.42. The van der Waals surface area contributed by atoms with Gasteiger partial charge in [-0.1, -0.05) is 26.7 Å². The molecule has 2 atom stereocenters. The Balaban J connectivity index is 2.18. The summed E-state index contributed by atoms with van der Waals surface area (Å²) >= 11 is 0. The molecule has 0 aromatic carbocycles. The molecule has 0 heterocycles. The Kier molecular flexibility index (Phi) is 3.38. The van der Waals surface area contributed by atoms with Gasteiger partial charge in [0.1, 0.15) is 0 Å². The van der Waals surface area contributed by atoms with Crippen LogP contribution >= 0.6 is 0 Å². The quantitative estimate of drug-likeness (QED) is 0.643. The first kappa shape index (κ1) is 9.05. The van der Waals surface area contributed by atoms with E-state index in [1.807, 2.05) is 0 Å². The van der Waals surface area contributed by atoms with Crippen molar-refractivity contribution in [3.05, 3.63) is 0 Å². The maximum Gasteiger partial charge on any atom is 0.00871 e. The third-order valence-corrected chi connectivity index (χ3v) is 2.90. The van der Waals surface area contributed by atoms with Crippen molar-refractivity contribution in [3.8, 4) is 0 Å². The van der Waals surface area contributed by atoms with Gasteiger partial charge in [0.05, 0.1) is 0 Å². The molecule has 2 unspecified atom stereocenters. The van der Waals surface area contributed by atoms with Crippen molar-refractivity contribution in [2.75, 3.05) is 7.05 Å². The van der Waals surface area contributed by atoms with Crippen molar-refractivity contribution >= 4 is 0 Å². The van der Waals surface area contributed by atoms with Crippen molar-refractivity contribution in [2.45, 2.75) is 45.6 Å². The number of hydrogen-bond donors (Lipinski definition) is 1. The molecule has 0 saturated heterocycles. The Morgan fingerprint density at radius 3 is 2.45 bits per heavy atom. The minimum atomic E-state index is 0.746. The van der Waals surface area contributed by atoms with Crippen LogP contribution in [0.2, 0.25) is 0 Å². The summed E-state index contributed by atoms with van der Waals surface area (Å²) in [6.07, 6.45) is 5.69. The van der Waals surface area contributed by atoms with E-state index in [9.17, 15) is 0 Å². The largest absolute Gasteiger partial charge is 0.317 e. The van der Waals surface area contributed by atoms with E-state index in [0.717, 1.165) is 17.9 Å². The third-order valence-electron chi connectivity index (χ3n) is 2.90. The van der Waals surface area contributed by atoms with Crippen LogP contribution in [0.5, 0.6) is 0 Å². The molecule has 1 fully saturated rings. The van der Waals surface area contributed by atoms with Crippen LogP contribution in [0.25, 0.3) is 0 Å². The summed E-state index contributed by atoms with van der Waals surface area (Å²) in [4.78, 5) is 0. The summed E-state index contributed by atoms with van der Waals surface area (Å²) in [5.74, 6) is 1.95. The number of hydrogen-bond acceptors (Lipinski definition) is 1. The molecule has 0 aromatic heterocycles. The highest BCUT2D eigenvalue weighted by molar-refractivity contribution is 4.79. The molecule has 1 N–H and O–H groups in total. The number of nitrogens with one attached hydrogen (secondary N) is 1. The van der Waals surface area contributed by atoms with E-state index in [0.29, 0.717) is 0 Å². The van der Waals surface area contributed by atoms with E-state index in [2.05, 4.69) is 26.2 Å². The highest BCUT2D eigenvalue weighted by Gasteiger charge is 2.26.